The van der Waals surface area contributed by atoms with Crippen molar-refractivity contribution in [1.29, 1.82) is 0 Å². The number of nitrogens with zero attached hydrogens (tertiary/aromatic N) is 3. The van der Waals surface area contributed by atoms with Crippen LogP contribution in [0.2, 0.25) is 0 Å². The molecule has 148 valence electrons. The Morgan fingerprint density at radius 2 is 1.89 bits per heavy atom. The summed E-state index contributed by atoms with van der Waals surface area (Å²) in [5.74, 6) is 0.738. The third-order valence-corrected chi connectivity index (χ3v) is 3.90. The average molecular weight is 484 g/mol. The Balaban J connectivity index is 0.00000364. The normalized spacial score (nSPS) is 10.8. The molecule has 27 heavy (non-hydrogen) atoms. The fourth-order valence-corrected chi connectivity index (χ4v) is 2.50. The highest BCUT2D eigenvalue weighted by atomic mass is 127. The van der Waals surface area contributed by atoms with E-state index in [1.165, 1.54) is 11.1 Å². The summed E-state index contributed by atoms with van der Waals surface area (Å²) in [5, 5.41) is 13.6. The van der Waals surface area contributed by atoms with Crippen LogP contribution in [0.1, 0.15) is 30.9 Å². The van der Waals surface area contributed by atoms with Crippen molar-refractivity contribution in [1.82, 2.24) is 25.7 Å². The summed E-state index contributed by atoms with van der Waals surface area (Å²) in [7, 11) is 1.72. The number of carbonyl (C=O) groups excluding carboxylic acids is 1. The van der Waals surface area contributed by atoms with Crippen molar-refractivity contribution in [2.45, 2.75) is 32.9 Å². The first kappa shape index (κ1) is 22.9. The van der Waals surface area contributed by atoms with E-state index in [9.17, 15) is 4.79 Å². The number of rotatable bonds is 9. The van der Waals surface area contributed by atoms with Crippen LogP contribution in [0.25, 0.3) is 0 Å². The van der Waals surface area contributed by atoms with Gasteiger partial charge in [0.2, 0.25) is 5.91 Å². The van der Waals surface area contributed by atoms with Gasteiger partial charge in [0.15, 0.2) is 5.96 Å². The molecule has 0 unspecified atom stereocenters. The molecule has 1 aromatic heterocycles. The number of guanidine groups is 1. The first-order valence-electron chi connectivity index (χ1n) is 8.98. The molecule has 1 amide bonds. The fourth-order valence-electron chi connectivity index (χ4n) is 2.50. The van der Waals surface area contributed by atoms with Gasteiger partial charge in [0.25, 0.3) is 0 Å². The molecule has 0 bridgehead atoms. The van der Waals surface area contributed by atoms with Gasteiger partial charge < -0.3 is 16.0 Å². The van der Waals surface area contributed by atoms with Gasteiger partial charge in [0, 0.05) is 45.5 Å². The van der Waals surface area contributed by atoms with Crippen molar-refractivity contribution in [2.75, 3.05) is 20.1 Å². The molecule has 8 heteroatoms. The summed E-state index contributed by atoms with van der Waals surface area (Å²) in [6.07, 6.45) is 5.11. The monoisotopic (exact) mass is 484 g/mol. The van der Waals surface area contributed by atoms with Gasteiger partial charge in [0.1, 0.15) is 0 Å². The zero-order chi connectivity index (χ0) is 18.6. The van der Waals surface area contributed by atoms with Gasteiger partial charge in [-0.25, -0.2) is 0 Å². The lowest BCUT2D eigenvalue weighted by Crippen LogP contribution is -2.39. The highest BCUT2D eigenvalue weighted by molar-refractivity contribution is 14.0. The summed E-state index contributed by atoms with van der Waals surface area (Å²) >= 11 is 0. The van der Waals surface area contributed by atoms with Crippen LogP contribution in [0.3, 0.4) is 0 Å². The van der Waals surface area contributed by atoms with Crippen LogP contribution < -0.4 is 16.0 Å². The smallest absolute Gasteiger partial charge is 0.221 e. The number of hydrogen-bond donors (Lipinski definition) is 3. The van der Waals surface area contributed by atoms with Crippen molar-refractivity contribution in [2.24, 2.45) is 4.99 Å². The Hall–Kier alpha value is -2.10. The number of aliphatic imine (C=N–C) groups is 1. The fraction of sp³-hybridized carbons (Fsp3) is 0.421. The van der Waals surface area contributed by atoms with Gasteiger partial charge in [-0.3, -0.25) is 14.5 Å². The van der Waals surface area contributed by atoms with Crippen molar-refractivity contribution >= 4 is 35.8 Å². The van der Waals surface area contributed by atoms with Gasteiger partial charge in [0.05, 0.1) is 6.54 Å². The van der Waals surface area contributed by atoms with Crippen LogP contribution in [-0.2, 0) is 17.9 Å². The topological polar surface area (TPSA) is 83.3 Å². The predicted octanol–water partition coefficient (Wildman–Crippen LogP) is 2.13. The van der Waals surface area contributed by atoms with E-state index in [4.69, 9.17) is 0 Å². The van der Waals surface area contributed by atoms with Crippen LogP contribution in [0.4, 0.5) is 0 Å². The Morgan fingerprint density at radius 3 is 2.56 bits per heavy atom. The first-order chi connectivity index (χ1) is 12.7. The number of halogens is 1. The Labute approximate surface area is 178 Å². The van der Waals surface area contributed by atoms with E-state index in [1.807, 2.05) is 36.0 Å². The largest absolute Gasteiger partial charge is 0.356 e. The second kappa shape index (κ2) is 13.1. The molecule has 7 nitrogen and oxygen atoms in total. The number of nitrogens with one attached hydrogen (secondary N) is 3. The summed E-state index contributed by atoms with van der Waals surface area (Å²) in [4.78, 5) is 15.8. The molecule has 0 aliphatic rings. The van der Waals surface area contributed by atoms with Crippen LogP contribution >= 0.6 is 24.0 Å². The summed E-state index contributed by atoms with van der Waals surface area (Å²) in [5.41, 5.74) is 2.39. The minimum atomic E-state index is 0. The lowest BCUT2D eigenvalue weighted by molar-refractivity contribution is -0.120. The molecule has 1 heterocycles. The minimum absolute atomic E-state index is 0. The van der Waals surface area contributed by atoms with Crippen molar-refractivity contribution in [3.8, 4) is 0 Å². The molecule has 0 spiro atoms. The zero-order valence-electron chi connectivity index (χ0n) is 15.9. The number of hydrogen-bond acceptors (Lipinski definition) is 3. The van der Waals surface area contributed by atoms with Gasteiger partial charge >= 0.3 is 0 Å². The molecule has 3 N–H and O–H groups in total. The third kappa shape index (κ3) is 8.42. The molecule has 0 aliphatic heterocycles. The van der Waals surface area contributed by atoms with Gasteiger partial charge in [-0.15, -0.1) is 24.0 Å². The molecule has 0 aliphatic carbocycles. The van der Waals surface area contributed by atoms with Crippen LogP contribution in [0.5, 0.6) is 0 Å². The van der Waals surface area contributed by atoms with Crippen molar-refractivity contribution in [3.05, 3.63) is 53.9 Å². The molecule has 1 aromatic carbocycles. The lowest BCUT2D eigenvalue weighted by Gasteiger charge is -2.14. The van der Waals surface area contributed by atoms with E-state index in [0.717, 1.165) is 19.5 Å². The highest BCUT2D eigenvalue weighted by Crippen LogP contribution is 2.10. The van der Waals surface area contributed by atoms with E-state index < -0.39 is 0 Å². The molecule has 0 saturated heterocycles. The number of aromatic nitrogens is 2. The number of amides is 1. The summed E-state index contributed by atoms with van der Waals surface area (Å²) < 4.78 is 1.90. The highest BCUT2D eigenvalue weighted by Gasteiger charge is 2.05. The Bertz CT molecular complexity index is 702. The molecule has 0 radical (unpaired) electrons. The average Bonchev–Trinajstić information content (AvgIpc) is 3.17. The quantitative estimate of drug-likeness (QED) is 0.290. The second-order valence-electron chi connectivity index (χ2n) is 5.92. The Kier molecular flexibility index (Phi) is 11.2. The minimum Gasteiger partial charge on any atom is -0.356 e. The first-order valence-corrected chi connectivity index (χ1v) is 8.98. The van der Waals surface area contributed by atoms with Crippen LogP contribution in [0, 0.1) is 0 Å². The van der Waals surface area contributed by atoms with E-state index >= 15 is 0 Å². The maximum absolute atomic E-state index is 11.6. The van der Waals surface area contributed by atoms with Crippen molar-refractivity contribution in [3.63, 3.8) is 0 Å². The third-order valence-electron chi connectivity index (χ3n) is 3.90. The second-order valence-corrected chi connectivity index (χ2v) is 5.92. The van der Waals surface area contributed by atoms with E-state index in [0.29, 0.717) is 25.5 Å². The molecule has 0 saturated carbocycles. The van der Waals surface area contributed by atoms with Gasteiger partial charge in [-0.05, 0) is 23.6 Å². The molecule has 0 fully saturated rings. The maximum atomic E-state index is 11.6. The molecule has 2 rings (SSSR count). The summed E-state index contributed by atoms with van der Waals surface area (Å²) in [6.45, 7) is 4.69. The van der Waals surface area contributed by atoms with E-state index in [1.54, 1.807) is 13.2 Å². The maximum Gasteiger partial charge on any atom is 0.221 e. The summed E-state index contributed by atoms with van der Waals surface area (Å²) in [6, 6.07) is 10.2. The lowest BCUT2D eigenvalue weighted by atomic mass is 10.1. The predicted molar refractivity (Wildman–Crippen MR) is 119 cm³/mol. The van der Waals surface area contributed by atoms with Crippen LogP contribution in [-0.4, -0.2) is 41.8 Å². The number of benzene rings is 1. The van der Waals surface area contributed by atoms with E-state index in [-0.39, 0.29) is 29.9 Å². The van der Waals surface area contributed by atoms with Crippen LogP contribution in [0.15, 0.2) is 47.7 Å². The van der Waals surface area contributed by atoms with Gasteiger partial charge in [-0.1, -0.05) is 31.2 Å². The van der Waals surface area contributed by atoms with Gasteiger partial charge in [-0.2, -0.15) is 5.10 Å². The molecule has 2 aromatic rings. The Morgan fingerprint density at radius 1 is 1.11 bits per heavy atom. The zero-order valence-corrected chi connectivity index (χ0v) is 18.3. The number of carbonyl (C=O) groups is 1. The molecule has 0 atom stereocenters. The standard InChI is InChI=1S/C19H28N6O.HI/c1-3-10-21-18(26)9-12-22-19(20-2)23-14-16-7-4-5-8-17(16)15-25-13-6-11-24-25;/h4-8,11,13H,3,9-10,12,14-15H2,1-2H3,(H,21,26)(H2,20,22,23);1H. The van der Waals surface area contributed by atoms with E-state index in [2.05, 4.69) is 38.2 Å². The molecular weight excluding hydrogens is 455 g/mol. The molecular formula is C19H29IN6O. The SMILES string of the molecule is CCCNC(=O)CCNC(=NC)NCc1ccccc1Cn1cccn1.I. The van der Waals surface area contributed by atoms with Crippen molar-refractivity contribution < 1.29 is 4.79 Å².